The molecule has 0 spiro atoms. The summed E-state index contributed by atoms with van der Waals surface area (Å²) in [6, 6.07) is 0. The Labute approximate surface area is 79.2 Å². The van der Waals surface area contributed by atoms with Gasteiger partial charge in [-0.3, -0.25) is 0 Å². The number of nitrogens with zero attached hydrogens (tertiary/aromatic N) is 1. The third-order valence-corrected chi connectivity index (χ3v) is 1.64. The highest BCUT2D eigenvalue weighted by Gasteiger charge is 1.94. The first-order chi connectivity index (χ1) is 6.16. The molecule has 0 aromatic carbocycles. The van der Waals surface area contributed by atoms with Crippen molar-refractivity contribution < 1.29 is 9.90 Å². The fraction of sp³-hybridized carbons (Fsp3) is 0.667. The van der Waals surface area contributed by atoms with Gasteiger partial charge in [0, 0.05) is 12.6 Å². The van der Waals surface area contributed by atoms with Gasteiger partial charge in [-0.1, -0.05) is 6.08 Å². The average Bonchev–Trinajstić information content (AvgIpc) is 2.04. The Hall–Kier alpha value is -0.870. The summed E-state index contributed by atoms with van der Waals surface area (Å²) in [7, 11) is 3.90. The number of aliphatic carboxylic acids is 1. The molecule has 0 bridgehead atoms. The van der Waals surface area contributed by atoms with Gasteiger partial charge in [0.05, 0.1) is 0 Å². The minimum absolute atomic E-state index is 0.690. The second-order valence-corrected chi connectivity index (χ2v) is 2.96. The van der Waals surface area contributed by atoms with E-state index >= 15 is 0 Å². The van der Waals surface area contributed by atoms with Gasteiger partial charge >= 0.3 is 5.97 Å². The van der Waals surface area contributed by atoms with Gasteiger partial charge in [0.2, 0.25) is 0 Å². The number of hydrogen-bond donors (Lipinski definition) is 2. The molecule has 2 N–H and O–H groups in total. The molecule has 0 aromatic heterocycles. The van der Waals surface area contributed by atoms with Crippen molar-refractivity contribution in [3.63, 3.8) is 0 Å². The van der Waals surface area contributed by atoms with Crippen molar-refractivity contribution in [1.82, 2.24) is 10.2 Å². The molecule has 0 radical (unpaired) electrons. The zero-order valence-corrected chi connectivity index (χ0v) is 8.29. The van der Waals surface area contributed by atoms with Crippen molar-refractivity contribution in [3.8, 4) is 0 Å². The molecule has 0 rings (SSSR count). The maximum atomic E-state index is 10.1. The molecule has 76 valence electrons. The van der Waals surface area contributed by atoms with Crippen LogP contribution in [0.4, 0.5) is 0 Å². The standard InChI is InChI=1S/C9H18N2O2/c1-10-6-4-8-11(2)7-3-5-9(12)13/h3,5,10H,4,6-8H2,1-2H3,(H,12,13). The Morgan fingerprint density at radius 1 is 1.62 bits per heavy atom. The van der Waals surface area contributed by atoms with Gasteiger partial charge in [-0.2, -0.15) is 0 Å². The van der Waals surface area contributed by atoms with Gasteiger partial charge in [0.1, 0.15) is 0 Å². The average molecular weight is 186 g/mol. The molecule has 0 saturated heterocycles. The zero-order chi connectivity index (χ0) is 10.1. The zero-order valence-electron chi connectivity index (χ0n) is 8.29. The van der Waals surface area contributed by atoms with E-state index in [1.54, 1.807) is 6.08 Å². The first kappa shape index (κ1) is 12.1. The molecular weight excluding hydrogens is 168 g/mol. The molecule has 0 aliphatic heterocycles. The highest BCUT2D eigenvalue weighted by molar-refractivity contribution is 5.79. The normalized spacial score (nSPS) is 11.3. The molecule has 0 aliphatic carbocycles. The lowest BCUT2D eigenvalue weighted by Gasteiger charge is -2.13. The fourth-order valence-electron chi connectivity index (χ4n) is 0.951. The van der Waals surface area contributed by atoms with Crippen molar-refractivity contribution in [3.05, 3.63) is 12.2 Å². The predicted molar refractivity (Wildman–Crippen MR) is 52.8 cm³/mol. The van der Waals surface area contributed by atoms with E-state index in [9.17, 15) is 4.79 Å². The Balaban J connectivity index is 3.39. The molecule has 0 aromatic rings. The van der Waals surface area contributed by atoms with Crippen molar-refractivity contribution in [2.24, 2.45) is 0 Å². The minimum atomic E-state index is -0.886. The van der Waals surface area contributed by atoms with Crippen LogP contribution in [0.5, 0.6) is 0 Å². The number of hydrogen-bond acceptors (Lipinski definition) is 3. The molecule has 0 aliphatic rings. The summed E-state index contributed by atoms with van der Waals surface area (Å²) in [4.78, 5) is 12.2. The Kier molecular flexibility index (Phi) is 7.24. The van der Waals surface area contributed by atoms with Crippen molar-refractivity contribution in [1.29, 1.82) is 0 Å². The quantitative estimate of drug-likeness (QED) is 0.439. The predicted octanol–water partition coefficient (Wildman–Crippen LogP) is 0.169. The van der Waals surface area contributed by atoms with E-state index in [4.69, 9.17) is 5.11 Å². The van der Waals surface area contributed by atoms with Crippen LogP contribution in [0.15, 0.2) is 12.2 Å². The van der Waals surface area contributed by atoms with E-state index in [1.165, 1.54) is 6.08 Å². The Morgan fingerprint density at radius 2 is 2.31 bits per heavy atom. The molecule has 0 atom stereocenters. The summed E-state index contributed by atoms with van der Waals surface area (Å²) in [5, 5.41) is 11.4. The number of likely N-dealkylation sites (N-methyl/N-ethyl adjacent to an activating group) is 1. The van der Waals surface area contributed by atoms with E-state index in [-0.39, 0.29) is 0 Å². The summed E-state index contributed by atoms with van der Waals surface area (Å²) in [6.45, 7) is 2.66. The third-order valence-electron chi connectivity index (χ3n) is 1.64. The first-order valence-electron chi connectivity index (χ1n) is 4.39. The van der Waals surface area contributed by atoms with E-state index in [0.717, 1.165) is 19.5 Å². The van der Waals surface area contributed by atoms with E-state index in [1.807, 2.05) is 14.1 Å². The van der Waals surface area contributed by atoms with Crippen LogP contribution < -0.4 is 5.32 Å². The lowest BCUT2D eigenvalue weighted by Crippen LogP contribution is -2.22. The largest absolute Gasteiger partial charge is 0.478 e. The van der Waals surface area contributed by atoms with Gasteiger partial charge in [-0.25, -0.2) is 4.79 Å². The van der Waals surface area contributed by atoms with Gasteiger partial charge < -0.3 is 15.3 Å². The van der Waals surface area contributed by atoms with Crippen LogP contribution in [0.2, 0.25) is 0 Å². The summed E-state index contributed by atoms with van der Waals surface area (Å²) in [6.07, 6.45) is 3.91. The molecule has 13 heavy (non-hydrogen) atoms. The molecule has 4 nitrogen and oxygen atoms in total. The van der Waals surface area contributed by atoms with Gasteiger partial charge in [-0.15, -0.1) is 0 Å². The minimum Gasteiger partial charge on any atom is -0.478 e. The second kappa shape index (κ2) is 7.76. The van der Waals surface area contributed by atoms with Crippen LogP contribution in [0.3, 0.4) is 0 Å². The van der Waals surface area contributed by atoms with E-state index < -0.39 is 5.97 Å². The highest BCUT2D eigenvalue weighted by atomic mass is 16.4. The van der Waals surface area contributed by atoms with Crippen LogP contribution in [0.25, 0.3) is 0 Å². The number of nitrogens with one attached hydrogen (secondary N) is 1. The van der Waals surface area contributed by atoms with Crippen LogP contribution in [0.1, 0.15) is 6.42 Å². The van der Waals surface area contributed by atoms with Gasteiger partial charge in [-0.05, 0) is 33.6 Å². The molecule has 0 amide bonds. The molecule has 4 heteroatoms. The Morgan fingerprint density at radius 3 is 2.85 bits per heavy atom. The fourth-order valence-corrected chi connectivity index (χ4v) is 0.951. The third kappa shape index (κ3) is 9.04. The molecular formula is C9H18N2O2. The van der Waals surface area contributed by atoms with E-state index in [0.29, 0.717) is 6.54 Å². The molecule has 0 heterocycles. The lowest BCUT2D eigenvalue weighted by molar-refractivity contribution is -0.131. The smallest absolute Gasteiger partial charge is 0.328 e. The Bertz CT molecular complexity index is 169. The van der Waals surface area contributed by atoms with Crippen LogP contribution in [-0.2, 0) is 4.79 Å². The van der Waals surface area contributed by atoms with Crippen LogP contribution in [0, 0.1) is 0 Å². The maximum Gasteiger partial charge on any atom is 0.328 e. The SMILES string of the molecule is CNCCCN(C)CC=CC(=O)O. The molecule has 0 saturated carbocycles. The molecule has 0 fully saturated rings. The molecule has 0 unspecified atom stereocenters. The summed E-state index contributed by atoms with van der Waals surface area (Å²) in [5.74, 6) is -0.886. The summed E-state index contributed by atoms with van der Waals surface area (Å²) >= 11 is 0. The van der Waals surface area contributed by atoms with Crippen molar-refractivity contribution in [2.45, 2.75) is 6.42 Å². The maximum absolute atomic E-state index is 10.1. The topological polar surface area (TPSA) is 52.6 Å². The van der Waals surface area contributed by atoms with Crippen LogP contribution in [-0.4, -0.2) is 49.7 Å². The van der Waals surface area contributed by atoms with E-state index in [2.05, 4.69) is 10.2 Å². The highest BCUT2D eigenvalue weighted by Crippen LogP contribution is 1.86. The summed E-state index contributed by atoms with van der Waals surface area (Å²) < 4.78 is 0. The summed E-state index contributed by atoms with van der Waals surface area (Å²) in [5.41, 5.74) is 0. The number of rotatable bonds is 7. The number of carboxylic acids is 1. The van der Waals surface area contributed by atoms with Gasteiger partial charge in [0.25, 0.3) is 0 Å². The first-order valence-corrected chi connectivity index (χ1v) is 4.39. The number of carboxylic acid groups (broad SMARTS) is 1. The number of carbonyl (C=O) groups is 1. The monoisotopic (exact) mass is 186 g/mol. The second-order valence-electron chi connectivity index (χ2n) is 2.96. The van der Waals surface area contributed by atoms with Crippen LogP contribution >= 0.6 is 0 Å². The lowest BCUT2D eigenvalue weighted by atomic mass is 10.4. The van der Waals surface area contributed by atoms with Crippen molar-refractivity contribution in [2.75, 3.05) is 33.7 Å². The van der Waals surface area contributed by atoms with Crippen molar-refractivity contribution >= 4 is 5.97 Å². The van der Waals surface area contributed by atoms with Gasteiger partial charge in [0.15, 0.2) is 0 Å².